The summed E-state index contributed by atoms with van der Waals surface area (Å²) >= 11 is 2.03. The molecule has 0 amide bonds. The molecule has 1 nitrogen and oxygen atoms in total. The van der Waals surface area contributed by atoms with Crippen molar-refractivity contribution in [3.05, 3.63) is 42.5 Å². The van der Waals surface area contributed by atoms with E-state index in [0.29, 0.717) is 11.2 Å². The standard InChI is InChI=1S/C17H21NS/c18-12-15-7-3-4-8-17(15)19-16-10-9-13-5-1-2-6-14(13)11-16/h1-2,5-6,9-11,15,17H,3-4,7-8,12,18H2. The van der Waals surface area contributed by atoms with Crippen molar-refractivity contribution in [1.29, 1.82) is 0 Å². The minimum Gasteiger partial charge on any atom is -0.330 e. The number of fused-ring (bicyclic) bond motifs is 1. The fourth-order valence-electron chi connectivity index (χ4n) is 3.01. The van der Waals surface area contributed by atoms with Crippen LogP contribution < -0.4 is 5.73 Å². The van der Waals surface area contributed by atoms with Gasteiger partial charge in [-0.25, -0.2) is 0 Å². The van der Waals surface area contributed by atoms with Gasteiger partial charge in [-0.15, -0.1) is 11.8 Å². The third-order valence-corrected chi connectivity index (χ3v) is 5.60. The zero-order valence-corrected chi connectivity index (χ0v) is 12.0. The Morgan fingerprint density at radius 2 is 1.79 bits per heavy atom. The van der Waals surface area contributed by atoms with Gasteiger partial charge in [0.2, 0.25) is 0 Å². The highest BCUT2D eigenvalue weighted by Crippen LogP contribution is 2.37. The maximum Gasteiger partial charge on any atom is 0.0135 e. The molecule has 1 fully saturated rings. The fraction of sp³-hybridized carbons (Fsp3) is 0.412. The van der Waals surface area contributed by atoms with Gasteiger partial charge in [0.25, 0.3) is 0 Å². The van der Waals surface area contributed by atoms with Gasteiger partial charge in [0.1, 0.15) is 0 Å². The number of rotatable bonds is 3. The van der Waals surface area contributed by atoms with E-state index >= 15 is 0 Å². The summed E-state index contributed by atoms with van der Waals surface area (Å²) in [6.45, 7) is 0.839. The highest BCUT2D eigenvalue weighted by atomic mass is 32.2. The molecule has 0 heterocycles. The highest BCUT2D eigenvalue weighted by molar-refractivity contribution is 8.00. The molecule has 2 unspecified atom stereocenters. The molecule has 19 heavy (non-hydrogen) atoms. The third-order valence-electron chi connectivity index (χ3n) is 4.15. The number of hydrogen-bond acceptors (Lipinski definition) is 2. The van der Waals surface area contributed by atoms with Crippen molar-refractivity contribution in [1.82, 2.24) is 0 Å². The van der Waals surface area contributed by atoms with E-state index in [0.717, 1.165) is 6.54 Å². The van der Waals surface area contributed by atoms with Crippen molar-refractivity contribution < 1.29 is 0 Å². The third kappa shape index (κ3) is 2.96. The molecule has 3 rings (SSSR count). The van der Waals surface area contributed by atoms with E-state index in [9.17, 15) is 0 Å². The van der Waals surface area contributed by atoms with Crippen LogP contribution in [-0.4, -0.2) is 11.8 Å². The maximum atomic E-state index is 5.92. The van der Waals surface area contributed by atoms with Crippen LogP contribution in [0.25, 0.3) is 10.8 Å². The van der Waals surface area contributed by atoms with Crippen molar-refractivity contribution in [3.8, 4) is 0 Å². The summed E-state index contributed by atoms with van der Waals surface area (Å²) in [6.07, 6.45) is 5.35. The van der Waals surface area contributed by atoms with Crippen LogP contribution in [0.2, 0.25) is 0 Å². The summed E-state index contributed by atoms with van der Waals surface area (Å²) in [5, 5.41) is 3.37. The maximum absolute atomic E-state index is 5.92. The van der Waals surface area contributed by atoms with Crippen LogP contribution in [0.5, 0.6) is 0 Å². The Morgan fingerprint density at radius 1 is 1.00 bits per heavy atom. The summed E-state index contributed by atoms with van der Waals surface area (Å²) in [6, 6.07) is 15.4. The first-order valence-electron chi connectivity index (χ1n) is 7.22. The van der Waals surface area contributed by atoms with Gasteiger partial charge in [-0.2, -0.15) is 0 Å². The van der Waals surface area contributed by atoms with Crippen molar-refractivity contribution in [2.75, 3.05) is 6.54 Å². The van der Waals surface area contributed by atoms with E-state index in [1.807, 2.05) is 11.8 Å². The topological polar surface area (TPSA) is 26.0 Å². The van der Waals surface area contributed by atoms with Crippen LogP contribution in [0.3, 0.4) is 0 Å². The number of benzene rings is 2. The van der Waals surface area contributed by atoms with E-state index in [1.54, 1.807) is 0 Å². The molecule has 2 aromatic rings. The Labute approximate surface area is 119 Å². The van der Waals surface area contributed by atoms with Gasteiger partial charge >= 0.3 is 0 Å². The molecule has 0 radical (unpaired) electrons. The van der Waals surface area contributed by atoms with Crippen LogP contribution in [0.15, 0.2) is 47.4 Å². The van der Waals surface area contributed by atoms with Gasteiger partial charge < -0.3 is 5.73 Å². The van der Waals surface area contributed by atoms with Gasteiger partial charge in [-0.1, -0.05) is 43.2 Å². The van der Waals surface area contributed by atoms with Crippen molar-refractivity contribution >= 4 is 22.5 Å². The average Bonchev–Trinajstić information content (AvgIpc) is 2.48. The molecule has 0 aromatic heterocycles. The summed E-state index contributed by atoms with van der Waals surface area (Å²) in [7, 11) is 0. The molecule has 2 atom stereocenters. The van der Waals surface area contributed by atoms with E-state index in [-0.39, 0.29) is 0 Å². The monoisotopic (exact) mass is 271 g/mol. The molecule has 1 aliphatic rings. The Kier molecular flexibility index (Phi) is 4.09. The second-order valence-electron chi connectivity index (χ2n) is 5.45. The molecule has 2 N–H and O–H groups in total. The second-order valence-corrected chi connectivity index (χ2v) is 6.76. The normalized spacial score (nSPS) is 23.6. The lowest BCUT2D eigenvalue weighted by atomic mass is 9.89. The number of nitrogens with two attached hydrogens (primary N) is 1. The van der Waals surface area contributed by atoms with Crippen LogP contribution in [0, 0.1) is 5.92 Å². The molecular formula is C17H21NS. The van der Waals surface area contributed by atoms with Gasteiger partial charge in [0, 0.05) is 10.1 Å². The molecule has 2 aromatic carbocycles. The molecule has 0 bridgehead atoms. The molecule has 0 saturated heterocycles. The van der Waals surface area contributed by atoms with E-state index in [4.69, 9.17) is 5.73 Å². The first kappa shape index (κ1) is 13.0. The quantitative estimate of drug-likeness (QED) is 0.892. The van der Waals surface area contributed by atoms with Crippen molar-refractivity contribution in [3.63, 3.8) is 0 Å². The smallest absolute Gasteiger partial charge is 0.0135 e. The Morgan fingerprint density at radius 3 is 2.63 bits per heavy atom. The molecule has 100 valence electrons. The Balaban J connectivity index is 1.80. The minimum absolute atomic E-state index is 0.699. The first-order valence-corrected chi connectivity index (χ1v) is 8.10. The predicted molar refractivity (Wildman–Crippen MR) is 84.6 cm³/mol. The van der Waals surface area contributed by atoms with Gasteiger partial charge in [0.05, 0.1) is 0 Å². The van der Waals surface area contributed by atoms with Gasteiger partial charge in [-0.05, 0) is 48.2 Å². The zero-order chi connectivity index (χ0) is 13.1. The molecule has 1 saturated carbocycles. The molecule has 2 heteroatoms. The lowest BCUT2D eigenvalue weighted by Gasteiger charge is -2.30. The summed E-state index contributed by atoms with van der Waals surface area (Å²) in [4.78, 5) is 1.39. The number of hydrogen-bond donors (Lipinski definition) is 1. The summed E-state index contributed by atoms with van der Waals surface area (Å²) in [5.41, 5.74) is 5.92. The molecule has 1 aliphatic carbocycles. The Hall–Kier alpha value is -0.990. The first-order chi connectivity index (χ1) is 9.36. The molecule has 0 aliphatic heterocycles. The van der Waals surface area contributed by atoms with Gasteiger partial charge in [-0.3, -0.25) is 0 Å². The molecular weight excluding hydrogens is 250 g/mol. The van der Waals surface area contributed by atoms with Crippen molar-refractivity contribution in [2.24, 2.45) is 11.7 Å². The van der Waals surface area contributed by atoms with Gasteiger partial charge in [0.15, 0.2) is 0 Å². The fourth-order valence-corrected chi connectivity index (χ4v) is 4.43. The van der Waals surface area contributed by atoms with Crippen LogP contribution >= 0.6 is 11.8 Å². The minimum atomic E-state index is 0.699. The average molecular weight is 271 g/mol. The lowest BCUT2D eigenvalue weighted by Crippen LogP contribution is -2.28. The van der Waals surface area contributed by atoms with E-state index in [2.05, 4.69) is 42.5 Å². The molecule has 0 spiro atoms. The van der Waals surface area contributed by atoms with Crippen molar-refractivity contribution in [2.45, 2.75) is 35.8 Å². The van der Waals surface area contributed by atoms with Crippen LogP contribution in [-0.2, 0) is 0 Å². The lowest BCUT2D eigenvalue weighted by molar-refractivity contribution is 0.378. The van der Waals surface area contributed by atoms with Crippen LogP contribution in [0.4, 0.5) is 0 Å². The SMILES string of the molecule is NCC1CCCCC1Sc1ccc2ccccc2c1. The van der Waals surface area contributed by atoms with E-state index < -0.39 is 0 Å². The highest BCUT2D eigenvalue weighted by Gasteiger charge is 2.24. The predicted octanol–water partition coefficient (Wildman–Crippen LogP) is 4.45. The summed E-state index contributed by atoms with van der Waals surface area (Å²) < 4.78 is 0. The zero-order valence-electron chi connectivity index (χ0n) is 11.2. The van der Waals surface area contributed by atoms with E-state index in [1.165, 1.54) is 41.4 Å². The van der Waals surface area contributed by atoms with Crippen LogP contribution in [0.1, 0.15) is 25.7 Å². The second kappa shape index (κ2) is 5.98. The summed E-state index contributed by atoms with van der Waals surface area (Å²) in [5.74, 6) is 0.699. The Bertz CT molecular complexity index is 552. The largest absolute Gasteiger partial charge is 0.330 e. The number of thioether (sulfide) groups is 1.